The van der Waals surface area contributed by atoms with Crippen molar-refractivity contribution >= 4 is 47.1 Å². The standard InChI is InChI=1S/C12H11NO5S2/c14-9(15)5-19-12(20-6-10(16)17)7-3-1-2-4-8(7)13-11(12)18/h1-4H,5-6H2,(H,13,18)(H,14,15)(H,16,17). The fraction of sp³-hybridized carbons (Fsp3) is 0.250. The number of hydrogen-bond acceptors (Lipinski definition) is 5. The fourth-order valence-electron chi connectivity index (χ4n) is 1.86. The molecule has 0 saturated carbocycles. The van der Waals surface area contributed by atoms with Gasteiger partial charge in [0.15, 0.2) is 4.08 Å². The van der Waals surface area contributed by atoms with Crippen LogP contribution < -0.4 is 5.32 Å². The van der Waals surface area contributed by atoms with Gasteiger partial charge in [-0.1, -0.05) is 18.2 Å². The zero-order valence-electron chi connectivity index (χ0n) is 10.2. The van der Waals surface area contributed by atoms with Gasteiger partial charge < -0.3 is 15.5 Å². The molecule has 0 aliphatic carbocycles. The molecule has 1 heterocycles. The predicted octanol–water partition coefficient (Wildman–Crippen LogP) is 1.43. The summed E-state index contributed by atoms with van der Waals surface area (Å²) >= 11 is 1.84. The Labute approximate surface area is 122 Å². The third-order valence-corrected chi connectivity index (χ3v) is 5.74. The molecule has 106 valence electrons. The predicted molar refractivity (Wildman–Crippen MR) is 76.9 cm³/mol. The third-order valence-electron chi connectivity index (χ3n) is 2.63. The summed E-state index contributed by atoms with van der Waals surface area (Å²) in [5.41, 5.74) is 1.20. The SMILES string of the molecule is O=C(O)CSC1(SCC(=O)O)C(=O)Nc2ccccc21. The first kappa shape index (κ1) is 14.7. The van der Waals surface area contributed by atoms with Gasteiger partial charge in [-0.15, -0.1) is 23.5 Å². The number of thioether (sulfide) groups is 2. The minimum Gasteiger partial charge on any atom is -0.481 e. The number of aliphatic carboxylic acids is 2. The Hall–Kier alpha value is -1.67. The van der Waals surface area contributed by atoms with Crippen molar-refractivity contribution < 1.29 is 24.6 Å². The number of amides is 1. The van der Waals surface area contributed by atoms with Gasteiger partial charge in [-0.25, -0.2) is 0 Å². The summed E-state index contributed by atoms with van der Waals surface area (Å²) in [4.78, 5) is 33.8. The van der Waals surface area contributed by atoms with E-state index in [1.807, 2.05) is 0 Å². The number of nitrogens with one attached hydrogen (secondary N) is 1. The van der Waals surface area contributed by atoms with Gasteiger partial charge in [0.2, 0.25) is 0 Å². The number of carboxylic acids is 2. The first-order valence-electron chi connectivity index (χ1n) is 5.58. The van der Waals surface area contributed by atoms with Crippen molar-refractivity contribution in [3.8, 4) is 0 Å². The van der Waals surface area contributed by atoms with Crippen molar-refractivity contribution in [1.82, 2.24) is 0 Å². The molecule has 1 aromatic carbocycles. The molecular formula is C12H11NO5S2. The highest BCUT2D eigenvalue weighted by Crippen LogP contribution is 2.53. The number of fused-ring (bicyclic) bond motifs is 1. The topological polar surface area (TPSA) is 104 Å². The summed E-state index contributed by atoms with van der Waals surface area (Å²) in [7, 11) is 0. The van der Waals surface area contributed by atoms with Crippen LogP contribution in [0.1, 0.15) is 5.56 Å². The first-order valence-corrected chi connectivity index (χ1v) is 7.55. The van der Waals surface area contributed by atoms with E-state index in [-0.39, 0.29) is 11.5 Å². The van der Waals surface area contributed by atoms with E-state index >= 15 is 0 Å². The lowest BCUT2D eigenvalue weighted by Gasteiger charge is -2.24. The average molecular weight is 313 g/mol. The number of benzene rings is 1. The minimum atomic E-state index is -1.23. The van der Waals surface area contributed by atoms with E-state index in [0.717, 1.165) is 23.5 Å². The van der Waals surface area contributed by atoms with Crippen molar-refractivity contribution in [2.24, 2.45) is 0 Å². The number of para-hydroxylation sites is 1. The van der Waals surface area contributed by atoms with Crippen LogP contribution in [0.3, 0.4) is 0 Å². The second-order valence-corrected chi connectivity index (χ2v) is 6.62. The molecule has 0 aromatic heterocycles. The molecule has 0 fully saturated rings. The lowest BCUT2D eigenvalue weighted by atomic mass is 10.1. The van der Waals surface area contributed by atoms with E-state index in [0.29, 0.717) is 11.3 Å². The molecule has 0 radical (unpaired) electrons. The minimum absolute atomic E-state index is 0.283. The quantitative estimate of drug-likeness (QED) is 0.682. The Balaban J connectivity index is 2.37. The van der Waals surface area contributed by atoms with Crippen LogP contribution in [0.5, 0.6) is 0 Å². The molecule has 1 aromatic rings. The number of hydrogen-bond donors (Lipinski definition) is 3. The molecule has 20 heavy (non-hydrogen) atoms. The molecule has 0 saturated heterocycles. The summed E-state index contributed by atoms with van der Waals surface area (Å²) in [6.45, 7) is 0. The Morgan fingerprint density at radius 3 is 2.20 bits per heavy atom. The van der Waals surface area contributed by atoms with Crippen LogP contribution in [0.25, 0.3) is 0 Å². The maximum Gasteiger partial charge on any atom is 0.313 e. The number of carboxylic acid groups (broad SMARTS) is 2. The molecule has 0 unspecified atom stereocenters. The Morgan fingerprint density at radius 1 is 1.10 bits per heavy atom. The molecule has 0 bridgehead atoms. The second-order valence-electron chi connectivity index (χ2n) is 3.98. The Bertz CT molecular complexity index is 557. The largest absolute Gasteiger partial charge is 0.481 e. The number of anilines is 1. The summed E-state index contributed by atoms with van der Waals surface area (Å²) in [5, 5.41) is 20.3. The molecule has 1 aliphatic heterocycles. The molecule has 0 atom stereocenters. The van der Waals surface area contributed by atoms with Crippen molar-refractivity contribution in [1.29, 1.82) is 0 Å². The van der Waals surface area contributed by atoms with Gasteiger partial charge in [-0.05, 0) is 6.07 Å². The molecule has 1 amide bonds. The normalized spacial score (nSPS) is 15.5. The van der Waals surface area contributed by atoms with E-state index in [9.17, 15) is 14.4 Å². The summed E-state index contributed by atoms with van der Waals surface area (Å²) in [6, 6.07) is 6.89. The zero-order chi connectivity index (χ0) is 14.8. The van der Waals surface area contributed by atoms with E-state index in [1.165, 1.54) is 0 Å². The monoisotopic (exact) mass is 313 g/mol. The molecule has 3 N–H and O–H groups in total. The van der Waals surface area contributed by atoms with E-state index in [4.69, 9.17) is 10.2 Å². The maximum absolute atomic E-state index is 12.2. The Morgan fingerprint density at radius 2 is 1.65 bits per heavy atom. The van der Waals surface area contributed by atoms with E-state index in [2.05, 4.69) is 5.32 Å². The highest BCUT2D eigenvalue weighted by Gasteiger charge is 2.48. The number of carbonyl (C=O) groups excluding carboxylic acids is 1. The lowest BCUT2D eigenvalue weighted by Crippen LogP contribution is -2.30. The van der Waals surface area contributed by atoms with Crippen LogP contribution in [-0.4, -0.2) is 39.6 Å². The summed E-state index contributed by atoms with van der Waals surface area (Å²) in [5.74, 6) is -3.07. The summed E-state index contributed by atoms with van der Waals surface area (Å²) < 4.78 is -1.23. The van der Waals surface area contributed by atoms with Gasteiger partial charge >= 0.3 is 11.9 Å². The van der Waals surface area contributed by atoms with Gasteiger partial charge in [0.25, 0.3) is 5.91 Å². The van der Waals surface area contributed by atoms with Gasteiger partial charge in [0.05, 0.1) is 11.5 Å². The van der Waals surface area contributed by atoms with Crippen molar-refractivity contribution in [3.05, 3.63) is 29.8 Å². The van der Waals surface area contributed by atoms with Crippen molar-refractivity contribution in [3.63, 3.8) is 0 Å². The summed E-state index contributed by atoms with van der Waals surface area (Å²) in [6.07, 6.45) is 0. The smallest absolute Gasteiger partial charge is 0.313 e. The Kier molecular flexibility index (Phi) is 4.24. The van der Waals surface area contributed by atoms with Gasteiger partial charge in [0, 0.05) is 11.3 Å². The van der Waals surface area contributed by atoms with Crippen LogP contribution in [-0.2, 0) is 18.5 Å². The number of carbonyl (C=O) groups is 3. The fourth-order valence-corrected chi connectivity index (χ4v) is 4.23. The second kappa shape index (κ2) is 5.76. The van der Waals surface area contributed by atoms with Crippen molar-refractivity contribution in [2.75, 3.05) is 16.8 Å². The van der Waals surface area contributed by atoms with Gasteiger partial charge in [0.1, 0.15) is 0 Å². The molecule has 6 nitrogen and oxygen atoms in total. The molecule has 0 spiro atoms. The average Bonchev–Trinajstić information content (AvgIpc) is 2.67. The molecule has 1 aliphatic rings. The number of rotatable bonds is 6. The molecule has 2 rings (SSSR count). The van der Waals surface area contributed by atoms with Crippen LogP contribution in [0.2, 0.25) is 0 Å². The van der Waals surface area contributed by atoms with E-state index in [1.54, 1.807) is 24.3 Å². The molecule has 8 heteroatoms. The van der Waals surface area contributed by atoms with Crippen LogP contribution in [0.4, 0.5) is 5.69 Å². The van der Waals surface area contributed by atoms with E-state index < -0.39 is 21.9 Å². The van der Waals surface area contributed by atoms with Crippen molar-refractivity contribution in [2.45, 2.75) is 4.08 Å². The van der Waals surface area contributed by atoms with Crippen LogP contribution in [0, 0.1) is 0 Å². The molecular weight excluding hydrogens is 302 g/mol. The van der Waals surface area contributed by atoms with Gasteiger partial charge in [-0.2, -0.15) is 0 Å². The lowest BCUT2D eigenvalue weighted by molar-refractivity contribution is -0.134. The van der Waals surface area contributed by atoms with Crippen LogP contribution in [0.15, 0.2) is 24.3 Å². The highest BCUT2D eigenvalue weighted by atomic mass is 32.2. The highest BCUT2D eigenvalue weighted by molar-refractivity contribution is 8.19. The maximum atomic E-state index is 12.2. The van der Waals surface area contributed by atoms with Crippen LogP contribution >= 0.6 is 23.5 Å². The zero-order valence-corrected chi connectivity index (χ0v) is 11.8. The first-order chi connectivity index (χ1) is 9.45. The van der Waals surface area contributed by atoms with Gasteiger partial charge in [-0.3, -0.25) is 14.4 Å². The third kappa shape index (κ3) is 2.75.